The van der Waals surface area contributed by atoms with E-state index in [4.69, 9.17) is 0 Å². The summed E-state index contributed by atoms with van der Waals surface area (Å²) in [5.74, 6) is 2.11. The van der Waals surface area contributed by atoms with Crippen LogP contribution in [0.3, 0.4) is 0 Å². The summed E-state index contributed by atoms with van der Waals surface area (Å²) in [5, 5.41) is 21.4. The van der Waals surface area contributed by atoms with E-state index in [1.165, 1.54) is 0 Å². The molecule has 4 rings (SSSR count). The smallest absolute Gasteiger partial charge is 0.133 e. The fourth-order valence-corrected chi connectivity index (χ4v) is 6.99. The van der Waals surface area contributed by atoms with Gasteiger partial charge in [0.05, 0.1) is 12.2 Å². The molecular weight excluding hydrogens is 276 g/mol. The second-order valence-electron chi connectivity index (χ2n) is 9.18. The lowest BCUT2D eigenvalue weighted by Crippen LogP contribution is -2.58. The van der Waals surface area contributed by atoms with Gasteiger partial charge in [0.15, 0.2) is 0 Å². The third-order valence-electron chi connectivity index (χ3n) is 8.45. The van der Waals surface area contributed by atoms with Gasteiger partial charge in [0.2, 0.25) is 0 Å². The summed E-state index contributed by atoms with van der Waals surface area (Å²) in [6.07, 6.45) is 6.93. The molecule has 8 atom stereocenters. The fraction of sp³-hybridized carbons (Fsp3) is 0.947. The third kappa shape index (κ3) is 1.84. The van der Waals surface area contributed by atoms with Crippen molar-refractivity contribution in [2.24, 2.45) is 34.5 Å². The van der Waals surface area contributed by atoms with Gasteiger partial charge >= 0.3 is 0 Å². The Morgan fingerprint density at radius 3 is 2.50 bits per heavy atom. The normalized spacial score (nSPS) is 57.9. The number of Topliss-reactive ketones (excluding diaryl/α,β-unsaturated/α-hetero) is 1. The lowest BCUT2D eigenvalue weighted by molar-refractivity contribution is -0.171. The number of carbonyl (C=O) groups excluding carboxylic acids is 1. The molecule has 3 nitrogen and oxygen atoms in total. The predicted molar refractivity (Wildman–Crippen MR) is 84.1 cm³/mol. The van der Waals surface area contributed by atoms with Crippen molar-refractivity contribution in [3.63, 3.8) is 0 Å². The van der Waals surface area contributed by atoms with Gasteiger partial charge in [0.25, 0.3) is 0 Å². The first-order chi connectivity index (χ1) is 10.4. The molecule has 0 amide bonds. The molecule has 4 saturated carbocycles. The monoisotopic (exact) mass is 306 g/mol. The van der Waals surface area contributed by atoms with Crippen LogP contribution < -0.4 is 0 Å². The molecule has 0 unspecified atom stereocenters. The highest BCUT2D eigenvalue weighted by Gasteiger charge is 2.62. The maximum absolute atomic E-state index is 11.9. The van der Waals surface area contributed by atoms with Crippen LogP contribution in [0.15, 0.2) is 0 Å². The maximum atomic E-state index is 11.9. The van der Waals surface area contributed by atoms with E-state index in [-0.39, 0.29) is 23.0 Å². The standard InChI is InChI=1S/C19H30O3/c1-18-7-5-12(20)9-11(18)10-15(21)17-13-3-4-16(22)19(13,2)8-6-14(17)18/h11,13-17,21-22H,3-10H2,1-2H3/t11-,13+,14+,15-,16+,17+,18+,19+/m1/s1. The Labute approximate surface area is 133 Å². The maximum Gasteiger partial charge on any atom is 0.133 e. The van der Waals surface area contributed by atoms with Crippen LogP contribution in [-0.4, -0.2) is 28.2 Å². The van der Waals surface area contributed by atoms with Gasteiger partial charge in [-0.25, -0.2) is 0 Å². The largest absolute Gasteiger partial charge is 0.393 e. The highest BCUT2D eigenvalue weighted by atomic mass is 16.3. The summed E-state index contributed by atoms with van der Waals surface area (Å²) in [6, 6.07) is 0. The van der Waals surface area contributed by atoms with E-state index in [0.717, 1.165) is 44.9 Å². The molecule has 4 fully saturated rings. The van der Waals surface area contributed by atoms with E-state index in [9.17, 15) is 15.0 Å². The van der Waals surface area contributed by atoms with E-state index in [1.54, 1.807) is 0 Å². The average molecular weight is 306 g/mol. The Kier molecular flexibility index (Phi) is 3.30. The van der Waals surface area contributed by atoms with Gasteiger partial charge in [0, 0.05) is 12.8 Å². The van der Waals surface area contributed by atoms with Gasteiger partial charge in [-0.3, -0.25) is 4.79 Å². The van der Waals surface area contributed by atoms with Crippen molar-refractivity contribution in [3.05, 3.63) is 0 Å². The zero-order chi connectivity index (χ0) is 15.7. The molecule has 0 aromatic heterocycles. The van der Waals surface area contributed by atoms with Crippen molar-refractivity contribution in [2.45, 2.75) is 77.4 Å². The van der Waals surface area contributed by atoms with Crippen LogP contribution in [-0.2, 0) is 4.79 Å². The van der Waals surface area contributed by atoms with Crippen molar-refractivity contribution in [3.8, 4) is 0 Å². The molecule has 2 N–H and O–H groups in total. The summed E-state index contributed by atoms with van der Waals surface area (Å²) in [6.45, 7) is 4.64. The van der Waals surface area contributed by atoms with Crippen LogP contribution in [0, 0.1) is 34.5 Å². The third-order valence-corrected chi connectivity index (χ3v) is 8.45. The Hall–Kier alpha value is -0.410. The molecule has 0 heterocycles. The lowest BCUT2D eigenvalue weighted by Gasteiger charge is -2.61. The Bertz CT molecular complexity index is 489. The minimum atomic E-state index is -0.274. The highest BCUT2D eigenvalue weighted by molar-refractivity contribution is 5.79. The molecule has 0 aromatic rings. The number of hydrogen-bond donors (Lipinski definition) is 2. The molecule has 0 aliphatic heterocycles. The number of ketones is 1. The molecule has 22 heavy (non-hydrogen) atoms. The van der Waals surface area contributed by atoms with Crippen molar-refractivity contribution in [2.75, 3.05) is 0 Å². The van der Waals surface area contributed by atoms with Crippen LogP contribution in [0.25, 0.3) is 0 Å². The predicted octanol–water partition coefficient (Wildman–Crippen LogP) is 2.93. The summed E-state index contributed by atoms with van der Waals surface area (Å²) in [5.41, 5.74) is 0.239. The van der Waals surface area contributed by atoms with E-state index < -0.39 is 0 Å². The zero-order valence-electron chi connectivity index (χ0n) is 13.9. The van der Waals surface area contributed by atoms with Crippen molar-refractivity contribution in [1.82, 2.24) is 0 Å². The summed E-state index contributed by atoms with van der Waals surface area (Å²) >= 11 is 0. The number of fused-ring (bicyclic) bond motifs is 5. The number of hydrogen-bond acceptors (Lipinski definition) is 3. The molecule has 0 radical (unpaired) electrons. The first-order valence-electron chi connectivity index (χ1n) is 9.24. The van der Waals surface area contributed by atoms with Gasteiger partial charge in [-0.05, 0) is 73.0 Å². The summed E-state index contributed by atoms with van der Waals surface area (Å²) in [4.78, 5) is 11.9. The molecule has 4 aliphatic rings. The lowest BCUT2D eigenvalue weighted by atomic mass is 9.44. The van der Waals surface area contributed by atoms with Crippen molar-refractivity contribution < 1.29 is 15.0 Å². The number of rotatable bonds is 0. The number of carbonyl (C=O) groups is 1. The van der Waals surface area contributed by atoms with Crippen LogP contribution in [0.2, 0.25) is 0 Å². The topological polar surface area (TPSA) is 57.5 Å². The molecule has 124 valence electrons. The van der Waals surface area contributed by atoms with Crippen LogP contribution >= 0.6 is 0 Å². The molecule has 4 aliphatic carbocycles. The van der Waals surface area contributed by atoms with Gasteiger partial charge in [-0.15, -0.1) is 0 Å². The Morgan fingerprint density at radius 2 is 1.73 bits per heavy atom. The zero-order valence-corrected chi connectivity index (χ0v) is 13.9. The summed E-state index contributed by atoms with van der Waals surface area (Å²) < 4.78 is 0. The summed E-state index contributed by atoms with van der Waals surface area (Å²) in [7, 11) is 0. The number of aliphatic hydroxyl groups excluding tert-OH is 2. The Morgan fingerprint density at radius 1 is 1.00 bits per heavy atom. The quantitative estimate of drug-likeness (QED) is 0.723. The second kappa shape index (κ2) is 4.80. The highest BCUT2D eigenvalue weighted by Crippen LogP contribution is 2.65. The first-order valence-corrected chi connectivity index (χ1v) is 9.24. The molecule has 0 saturated heterocycles. The second-order valence-corrected chi connectivity index (χ2v) is 9.18. The minimum Gasteiger partial charge on any atom is -0.393 e. The minimum absolute atomic E-state index is 0.00975. The van der Waals surface area contributed by atoms with Gasteiger partial charge < -0.3 is 10.2 Å². The SMILES string of the molecule is C[C@]12CCC(=O)C[C@@H]1C[C@@H](O)[C@@H]1[C@@H]2CC[C@]2(C)[C@@H](O)CC[C@@H]12. The molecular formula is C19H30O3. The van der Waals surface area contributed by atoms with Crippen LogP contribution in [0.5, 0.6) is 0 Å². The number of aliphatic hydroxyl groups is 2. The van der Waals surface area contributed by atoms with Gasteiger partial charge in [-0.1, -0.05) is 13.8 Å². The average Bonchev–Trinajstić information content (AvgIpc) is 2.77. The van der Waals surface area contributed by atoms with E-state index in [1.807, 2.05) is 0 Å². The van der Waals surface area contributed by atoms with E-state index in [0.29, 0.717) is 35.9 Å². The van der Waals surface area contributed by atoms with Gasteiger partial charge in [-0.2, -0.15) is 0 Å². The van der Waals surface area contributed by atoms with E-state index >= 15 is 0 Å². The molecule has 0 bridgehead atoms. The van der Waals surface area contributed by atoms with Crippen molar-refractivity contribution >= 4 is 5.78 Å². The Balaban J connectivity index is 1.68. The molecule has 3 heteroatoms. The molecule has 0 spiro atoms. The fourth-order valence-electron chi connectivity index (χ4n) is 6.99. The van der Waals surface area contributed by atoms with E-state index in [2.05, 4.69) is 13.8 Å². The first kappa shape index (κ1) is 15.1. The van der Waals surface area contributed by atoms with Gasteiger partial charge in [0.1, 0.15) is 5.78 Å². The van der Waals surface area contributed by atoms with Crippen LogP contribution in [0.4, 0.5) is 0 Å². The van der Waals surface area contributed by atoms with Crippen molar-refractivity contribution in [1.29, 1.82) is 0 Å². The molecule has 0 aromatic carbocycles. The van der Waals surface area contributed by atoms with Crippen LogP contribution in [0.1, 0.15) is 65.2 Å².